The molecule has 0 aromatic rings. The summed E-state index contributed by atoms with van der Waals surface area (Å²) in [6, 6.07) is 1.57. The molecular formula is C15H31N3. The Kier molecular flexibility index (Phi) is 5.93. The van der Waals surface area contributed by atoms with E-state index in [4.69, 9.17) is 0 Å². The Morgan fingerprint density at radius 1 is 1.00 bits per heavy atom. The van der Waals surface area contributed by atoms with Crippen LogP contribution in [0.15, 0.2) is 0 Å². The smallest absolute Gasteiger partial charge is 0.0350 e. The van der Waals surface area contributed by atoms with Crippen LogP contribution in [0.3, 0.4) is 0 Å². The van der Waals surface area contributed by atoms with Crippen LogP contribution in [0.4, 0.5) is 0 Å². The van der Waals surface area contributed by atoms with Crippen molar-refractivity contribution in [2.24, 2.45) is 0 Å². The molecule has 106 valence electrons. The van der Waals surface area contributed by atoms with Crippen LogP contribution >= 0.6 is 0 Å². The molecule has 1 aliphatic heterocycles. The fourth-order valence-corrected chi connectivity index (χ4v) is 3.75. The van der Waals surface area contributed by atoms with Crippen molar-refractivity contribution in [3.63, 3.8) is 0 Å². The van der Waals surface area contributed by atoms with Crippen LogP contribution in [0.2, 0.25) is 0 Å². The first-order valence-corrected chi connectivity index (χ1v) is 7.90. The zero-order valence-electron chi connectivity index (χ0n) is 12.3. The van der Waals surface area contributed by atoms with Gasteiger partial charge in [-0.3, -0.25) is 4.90 Å². The molecule has 0 radical (unpaired) electrons. The third-order valence-electron chi connectivity index (χ3n) is 4.68. The number of nitrogens with one attached hydrogen (secondary N) is 1. The molecule has 2 rings (SSSR count). The highest BCUT2D eigenvalue weighted by Crippen LogP contribution is 2.25. The van der Waals surface area contributed by atoms with Gasteiger partial charge in [0.1, 0.15) is 0 Å². The molecule has 1 saturated carbocycles. The van der Waals surface area contributed by atoms with Gasteiger partial charge in [-0.05, 0) is 39.9 Å². The zero-order valence-corrected chi connectivity index (χ0v) is 12.3. The highest BCUT2D eigenvalue weighted by Gasteiger charge is 2.28. The summed E-state index contributed by atoms with van der Waals surface area (Å²) >= 11 is 0. The molecule has 1 atom stereocenters. The summed E-state index contributed by atoms with van der Waals surface area (Å²) in [5.74, 6) is 0. The van der Waals surface area contributed by atoms with Crippen LogP contribution in [-0.4, -0.2) is 62.2 Å². The number of rotatable bonds is 3. The molecule has 0 aromatic carbocycles. The van der Waals surface area contributed by atoms with Crippen molar-refractivity contribution in [1.82, 2.24) is 15.1 Å². The predicted octanol–water partition coefficient (Wildman–Crippen LogP) is 1.93. The van der Waals surface area contributed by atoms with Crippen LogP contribution in [0.25, 0.3) is 0 Å². The van der Waals surface area contributed by atoms with Gasteiger partial charge in [0.25, 0.3) is 0 Å². The van der Waals surface area contributed by atoms with Gasteiger partial charge in [-0.15, -0.1) is 0 Å². The lowest BCUT2D eigenvalue weighted by atomic mass is 10.0. The lowest BCUT2D eigenvalue weighted by Gasteiger charge is -2.37. The molecule has 2 aliphatic rings. The summed E-state index contributed by atoms with van der Waals surface area (Å²) in [6.07, 6.45) is 10.0. The third kappa shape index (κ3) is 3.94. The Morgan fingerprint density at radius 2 is 1.72 bits per heavy atom. The summed E-state index contributed by atoms with van der Waals surface area (Å²) in [5, 5.41) is 3.40. The van der Waals surface area contributed by atoms with Crippen LogP contribution in [0.5, 0.6) is 0 Å². The Bertz CT molecular complexity index is 224. The zero-order chi connectivity index (χ0) is 12.8. The summed E-state index contributed by atoms with van der Waals surface area (Å²) in [5.41, 5.74) is 0. The van der Waals surface area contributed by atoms with E-state index in [0.29, 0.717) is 6.04 Å². The lowest BCUT2D eigenvalue weighted by molar-refractivity contribution is 0.119. The quantitative estimate of drug-likeness (QED) is 0.776. The van der Waals surface area contributed by atoms with Crippen molar-refractivity contribution in [3.05, 3.63) is 0 Å². The number of hydrogen-bond acceptors (Lipinski definition) is 3. The molecule has 1 aliphatic carbocycles. The van der Waals surface area contributed by atoms with Crippen LogP contribution in [-0.2, 0) is 0 Å². The molecule has 0 amide bonds. The highest BCUT2D eigenvalue weighted by molar-refractivity contribution is 4.86. The Labute approximate surface area is 113 Å². The second kappa shape index (κ2) is 7.46. The van der Waals surface area contributed by atoms with E-state index < -0.39 is 0 Å². The molecule has 18 heavy (non-hydrogen) atoms. The third-order valence-corrected chi connectivity index (χ3v) is 4.68. The normalized spacial score (nSPS) is 30.0. The Hall–Kier alpha value is -0.120. The molecule has 1 unspecified atom stereocenters. The van der Waals surface area contributed by atoms with Gasteiger partial charge in [-0.25, -0.2) is 0 Å². The highest BCUT2D eigenvalue weighted by atomic mass is 15.3. The van der Waals surface area contributed by atoms with Crippen LogP contribution in [0, 0.1) is 0 Å². The largest absolute Gasteiger partial charge is 0.318 e. The second-order valence-electron chi connectivity index (χ2n) is 6.21. The summed E-state index contributed by atoms with van der Waals surface area (Å²) in [4.78, 5) is 5.35. The summed E-state index contributed by atoms with van der Waals surface area (Å²) in [7, 11) is 4.37. The Balaban J connectivity index is 2.00. The molecule has 0 bridgehead atoms. The minimum Gasteiger partial charge on any atom is -0.318 e. The molecule has 1 heterocycles. The SMILES string of the molecule is CNCC1CN(C)CCCN1C1CCCCCC1. The standard InChI is InChI=1S/C15H31N3/c1-16-12-15-13-17(2)10-7-11-18(15)14-8-5-3-4-6-9-14/h14-16H,3-13H2,1-2H3. The van der Waals surface area contributed by atoms with Gasteiger partial charge in [-0.2, -0.15) is 0 Å². The molecule has 0 aromatic heterocycles. The first-order chi connectivity index (χ1) is 8.81. The van der Waals surface area contributed by atoms with Crippen molar-refractivity contribution in [1.29, 1.82) is 0 Å². The molecule has 0 spiro atoms. The molecule has 3 nitrogen and oxygen atoms in total. The average molecular weight is 253 g/mol. The van der Waals surface area contributed by atoms with Crippen LogP contribution < -0.4 is 5.32 Å². The monoisotopic (exact) mass is 253 g/mol. The predicted molar refractivity (Wildman–Crippen MR) is 78.0 cm³/mol. The maximum atomic E-state index is 3.40. The lowest BCUT2D eigenvalue weighted by Crippen LogP contribution is -2.50. The fraction of sp³-hybridized carbons (Fsp3) is 1.00. The van der Waals surface area contributed by atoms with E-state index in [0.717, 1.165) is 12.6 Å². The van der Waals surface area contributed by atoms with Crippen molar-refractivity contribution in [2.45, 2.75) is 57.0 Å². The van der Waals surface area contributed by atoms with Gasteiger partial charge in [0.05, 0.1) is 0 Å². The van der Waals surface area contributed by atoms with Gasteiger partial charge in [0.2, 0.25) is 0 Å². The van der Waals surface area contributed by atoms with Crippen molar-refractivity contribution in [3.8, 4) is 0 Å². The molecule has 1 saturated heterocycles. The number of likely N-dealkylation sites (N-methyl/N-ethyl adjacent to an activating group) is 2. The van der Waals surface area contributed by atoms with Crippen LogP contribution in [0.1, 0.15) is 44.9 Å². The summed E-state index contributed by atoms with van der Waals surface area (Å²) < 4.78 is 0. The first-order valence-electron chi connectivity index (χ1n) is 7.90. The van der Waals surface area contributed by atoms with E-state index >= 15 is 0 Å². The average Bonchev–Trinajstić information content (AvgIpc) is 2.70. The number of hydrogen-bond donors (Lipinski definition) is 1. The van der Waals surface area contributed by atoms with E-state index in [9.17, 15) is 0 Å². The van der Waals surface area contributed by atoms with Gasteiger partial charge >= 0.3 is 0 Å². The van der Waals surface area contributed by atoms with E-state index in [1.807, 2.05) is 0 Å². The van der Waals surface area contributed by atoms with E-state index in [2.05, 4.69) is 29.2 Å². The Morgan fingerprint density at radius 3 is 2.39 bits per heavy atom. The number of nitrogens with zero attached hydrogens (tertiary/aromatic N) is 2. The molecule has 2 fully saturated rings. The van der Waals surface area contributed by atoms with Crippen molar-refractivity contribution >= 4 is 0 Å². The fourth-order valence-electron chi connectivity index (χ4n) is 3.75. The summed E-state index contributed by atoms with van der Waals surface area (Å²) in [6.45, 7) is 4.95. The molecular weight excluding hydrogens is 222 g/mol. The topological polar surface area (TPSA) is 18.5 Å². The van der Waals surface area contributed by atoms with Gasteiger partial charge in [0.15, 0.2) is 0 Å². The van der Waals surface area contributed by atoms with Crippen molar-refractivity contribution in [2.75, 3.05) is 40.3 Å². The second-order valence-corrected chi connectivity index (χ2v) is 6.21. The minimum absolute atomic E-state index is 0.714. The van der Waals surface area contributed by atoms with Gasteiger partial charge in [-0.1, -0.05) is 25.7 Å². The van der Waals surface area contributed by atoms with E-state index in [1.54, 1.807) is 0 Å². The first kappa shape index (κ1) is 14.3. The van der Waals surface area contributed by atoms with Gasteiger partial charge in [0, 0.05) is 31.7 Å². The van der Waals surface area contributed by atoms with Gasteiger partial charge < -0.3 is 10.2 Å². The van der Waals surface area contributed by atoms with E-state index in [-0.39, 0.29) is 0 Å². The maximum Gasteiger partial charge on any atom is 0.0350 e. The molecule has 3 heteroatoms. The molecule has 1 N–H and O–H groups in total. The maximum absolute atomic E-state index is 3.40. The van der Waals surface area contributed by atoms with Crippen molar-refractivity contribution < 1.29 is 0 Å². The minimum atomic E-state index is 0.714. The van der Waals surface area contributed by atoms with E-state index in [1.165, 1.54) is 64.6 Å².